The predicted molar refractivity (Wildman–Crippen MR) is 113 cm³/mol. The van der Waals surface area contributed by atoms with Gasteiger partial charge >= 0.3 is 5.97 Å². The van der Waals surface area contributed by atoms with Gasteiger partial charge in [-0.2, -0.15) is 0 Å². The van der Waals surface area contributed by atoms with E-state index in [4.69, 9.17) is 15.5 Å². The Hall–Kier alpha value is -2.77. The molecule has 1 unspecified atom stereocenters. The van der Waals surface area contributed by atoms with Gasteiger partial charge < -0.3 is 20.5 Å². The molecule has 2 atom stereocenters. The number of nitrogens with two attached hydrogens (primary N) is 1. The summed E-state index contributed by atoms with van der Waals surface area (Å²) in [6, 6.07) is 1.38. The van der Waals surface area contributed by atoms with Gasteiger partial charge in [0.05, 0.1) is 16.9 Å². The van der Waals surface area contributed by atoms with E-state index in [1.165, 1.54) is 6.07 Å². The monoisotopic (exact) mass is 421 g/mol. The smallest absolute Gasteiger partial charge is 0.343 e. The molecular weight excluding hydrogens is 397 g/mol. The zero-order valence-electron chi connectivity index (χ0n) is 17.6. The summed E-state index contributed by atoms with van der Waals surface area (Å²) in [5.74, 6) is -0.854. The van der Waals surface area contributed by atoms with Gasteiger partial charge in [-0.1, -0.05) is 6.92 Å². The Morgan fingerprint density at radius 2 is 2.19 bits per heavy atom. The summed E-state index contributed by atoms with van der Waals surface area (Å²) in [4.78, 5) is 19.4. The first kappa shape index (κ1) is 19.0. The molecule has 0 saturated heterocycles. The molecule has 0 radical (unpaired) electrons. The molecule has 0 bridgehead atoms. The van der Waals surface area contributed by atoms with Crippen molar-refractivity contribution < 1.29 is 19.0 Å². The first-order valence-corrected chi connectivity index (χ1v) is 10.8. The van der Waals surface area contributed by atoms with Crippen LogP contribution in [0, 0.1) is 12.7 Å². The van der Waals surface area contributed by atoms with Gasteiger partial charge in [-0.15, -0.1) is 0 Å². The van der Waals surface area contributed by atoms with Crippen molar-refractivity contribution in [2.24, 2.45) is 5.73 Å². The summed E-state index contributed by atoms with van der Waals surface area (Å²) in [6.07, 6.45) is 3.63. The molecule has 0 spiro atoms. The number of halogens is 1. The number of rotatable bonds is 1. The standard InChI is InChI=1S/C24H24FN3O3/c1-3-24(30)15-6-19-22-14(9-28(19)8-12(15)10-31-23(24)29)20-17(26)5-4-13-11(2)16(25)7-18(27-22)21(13)20/h6-7,17,30H,3-5,8-10,26H2,1-2H3/t17?,24-/m0/s1. The zero-order valence-corrected chi connectivity index (χ0v) is 17.6. The number of hydrogen-bond acceptors (Lipinski definition) is 6. The van der Waals surface area contributed by atoms with E-state index in [0.29, 0.717) is 29.7 Å². The van der Waals surface area contributed by atoms with Gasteiger partial charge in [-0.25, -0.2) is 14.2 Å². The van der Waals surface area contributed by atoms with Crippen LogP contribution in [-0.2, 0) is 22.5 Å². The van der Waals surface area contributed by atoms with Crippen LogP contribution in [0.25, 0.3) is 16.6 Å². The second-order valence-electron chi connectivity index (χ2n) is 9.05. The highest BCUT2D eigenvalue weighted by Crippen LogP contribution is 2.47. The summed E-state index contributed by atoms with van der Waals surface area (Å²) >= 11 is 0. The second-order valence-corrected chi connectivity index (χ2v) is 9.05. The fourth-order valence-electron chi connectivity index (χ4n) is 5.71. The number of carbonyl (C=O) groups excluding carboxylic acids is 1. The molecule has 0 saturated carbocycles. The summed E-state index contributed by atoms with van der Waals surface area (Å²) in [5, 5.41) is 12.1. The molecule has 7 heteroatoms. The van der Waals surface area contributed by atoms with Gasteiger partial charge in [0.25, 0.3) is 0 Å². The summed E-state index contributed by atoms with van der Waals surface area (Å²) < 4.78 is 19.9. The number of hydrogen-bond donors (Lipinski definition) is 2. The van der Waals surface area contributed by atoms with Crippen LogP contribution in [0.15, 0.2) is 23.3 Å². The number of aliphatic hydroxyl groups is 1. The largest absolute Gasteiger partial charge is 0.459 e. The molecule has 160 valence electrons. The topological polar surface area (TPSA) is 88.7 Å². The number of carbonyl (C=O) groups is 1. The third-order valence-electron chi connectivity index (χ3n) is 7.47. The predicted octanol–water partition coefficient (Wildman–Crippen LogP) is 2.79. The average Bonchev–Trinajstić information content (AvgIpc) is 3.11. The van der Waals surface area contributed by atoms with E-state index >= 15 is 0 Å². The van der Waals surface area contributed by atoms with Crippen molar-refractivity contribution in [1.29, 1.82) is 0 Å². The minimum absolute atomic E-state index is 0.126. The lowest BCUT2D eigenvalue weighted by molar-refractivity contribution is -0.163. The molecule has 4 aliphatic rings. The highest BCUT2D eigenvalue weighted by Gasteiger charge is 2.47. The second kappa shape index (κ2) is 6.14. The van der Waals surface area contributed by atoms with E-state index in [-0.39, 0.29) is 24.9 Å². The van der Waals surface area contributed by atoms with Crippen molar-refractivity contribution in [2.75, 3.05) is 13.2 Å². The Balaban J connectivity index is 1.61. The van der Waals surface area contributed by atoms with Crippen molar-refractivity contribution in [3.63, 3.8) is 0 Å². The van der Waals surface area contributed by atoms with Crippen molar-refractivity contribution >= 4 is 22.6 Å². The van der Waals surface area contributed by atoms with Crippen molar-refractivity contribution in [1.82, 2.24) is 9.88 Å². The highest BCUT2D eigenvalue weighted by atomic mass is 19.1. The number of cyclic esters (lactones) is 1. The number of ether oxygens (including phenoxy) is 1. The molecule has 31 heavy (non-hydrogen) atoms. The molecule has 2 aromatic rings. The number of pyridine rings is 1. The Kier molecular flexibility index (Phi) is 3.76. The maximum Gasteiger partial charge on any atom is 0.343 e. The van der Waals surface area contributed by atoms with Gasteiger partial charge in [-0.05, 0) is 54.5 Å². The van der Waals surface area contributed by atoms with Crippen LogP contribution < -0.4 is 5.73 Å². The Labute approximate surface area is 179 Å². The average molecular weight is 421 g/mol. The van der Waals surface area contributed by atoms with Crippen LogP contribution in [0.2, 0.25) is 0 Å². The summed E-state index contributed by atoms with van der Waals surface area (Å²) in [6.45, 7) is 4.98. The quantitative estimate of drug-likeness (QED) is 0.689. The van der Waals surface area contributed by atoms with Gasteiger partial charge in [0, 0.05) is 41.7 Å². The van der Waals surface area contributed by atoms with Crippen LogP contribution in [0.1, 0.15) is 53.8 Å². The van der Waals surface area contributed by atoms with E-state index in [1.807, 2.05) is 13.0 Å². The molecule has 3 N–H and O–H groups in total. The summed E-state index contributed by atoms with van der Waals surface area (Å²) in [5.41, 5.74) is 12.5. The molecule has 0 fully saturated rings. The lowest BCUT2D eigenvalue weighted by Gasteiger charge is -2.37. The highest BCUT2D eigenvalue weighted by molar-refractivity contribution is 5.94. The molecule has 0 amide bonds. The maximum absolute atomic E-state index is 14.7. The van der Waals surface area contributed by atoms with Crippen molar-refractivity contribution in [3.8, 4) is 0 Å². The Bertz CT molecular complexity index is 1260. The van der Waals surface area contributed by atoms with E-state index in [2.05, 4.69) is 4.90 Å². The number of esters is 1. The normalized spacial score (nSPS) is 26.5. The minimum atomic E-state index is -1.65. The van der Waals surface area contributed by atoms with Gasteiger partial charge in [0.1, 0.15) is 12.4 Å². The van der Waals surface area contributed by atoms with E-state index in [9.17, 15) is 14.3 Å². The number of fused-ring (bicyclic) bond motifs is 4. The van der Waals surface area contributed by atoms with Gasteiger partial charge in [0.2, 0.25) is 0 Å². The zero-order chi connectivity index (χ0) is 21.7. The first-order chi connectivity index (χ1) is 14.8. The number of aryl methyl sites for hydroxylation is 1. The van der Waals surface area contributed by atoms with E-state index in [0.717, 1.165) is 51.9 Å². The Morgan fingerprint density at radius 3 is 2.97 bits per heavy atom. The molecule has 6 nitrogen and oxygen atoms in total. The van der Waals surface area contributed by atoms with Gasteiger partial charge in [-0.3, -0.25) is 0 Å². The summed E-state index contributed by atoms with van der Waals surface area (Å²) in [7, 11) is 0. The van der Waals surface area contributed by atoms with Gasteiger partial charge in [0.15, 0.2) is 5.60 Å². The molecule has 1 aromatic heterocycles. The maximum atomic E-state index is 14.7. The lowest BCUT2D eigenvalue weighted by atomic mass is 9.82. The fraction of sp³-hybridized carbons (Fsp3) is 0.417. The fourth-order valence-corrected chi connectivity index (χ4v) is 5.71. The van der Waals surface area contributed by atoms with Crippen molar-refractivity contribution in [2.45, 2.75) is 51.3 Å². The van der Waals surface area contributed by atoms with Crippen LogP contribution in [0.4, 0.5) is 4.39 Å². The van der Waals surface area contributed by atoms with Crippen LogP contribution >= 0.6 is 0 Å². The van der Waals surface area contributed by atoms with E-state index < -0.39 is 11.6 Å². The SMILES string of the molecule is CC[C@@]1(O)C(=O)OCC2=C1C=C1c3nc4cc(F)c(C)c5c4c(c3CN1C2)C(N)CC5. The molecule has 6 rings (SSSR count). The molecule has 3 aliphatic heterocycles. The first-order valence-electron chi connectivity index (χ1n) is 10.8. The van der Waals surface area contributed by atoms with E-state index in [1.54, 1.807) is 6.92 Å². The number of aromatic nitrogens is 1. The third kappa shape index (κ3) is 2.33. The lowest BCUT2D eigenvalue weighted by Crippen LogP contribution is -2.47. The van der Waals surface area contributed by atoms with Crippen LogP contribution in [0.3, 0.4) is 0 Å². The number of nitrogens with zero attached hydrogens (tertiary/aromatic N) is 2. The van der Waals surface area contributed by atoms with Crippen molar-refractivity contribution in [3.05, 3.63) is 57.1 Å². The molecule has 1 aromatic carbocycles. The Morgan fingerprint density at radius 1 is 1.39 bits per heavy atom. The van der Waals surface area contributed by atoms with Crippen LogP contribution in [-0.4, -0.2) is 39.7 Å². The number of benzene rings is 1. The molecular formula is C24H24FN3O3. The molecule has 4 heterocycles. The minimum Gasteiger partial charge on any atom is -0.459 e. The van der Waals surface area contributed by atoms with Crippen LogP contribution in [0.5, 0.6) is 0 Å². The molecule has 1 aliphatic carbocycles. The third-order valence-corrected chi connectivity index (χ3v) is 7.47.